The molecule has 4 nitrogen and oxygen atoms in total. The van der Waals surface area contributed by atoms with Gasteiger partial charge >= 0.3 is 5.97 Å². The number of aliphatic carboxylic acids is 1. The summed E-state index contributed by atoms with van der Waals surface area (Å²) in [4.78, 5) is 23.5. The first-order chi connectivity index (χ1) is 8.56. The molecule has 2 N–H and O–H groups in total. The van der Waals surface area contributed by atoms with Crippen LogP contribution >= 0.6 is 0 Å². The second-order valence-corrected chi connectivity index (χ2v) is 5.94. The lowest BCUT2D eigenvalue weighted by atomic mass is 9.68. The van der Waals surface area contributed by atoms with E-state index in [-0.39, 0.29) is 11.9 Å². The van der Waals surface area contributed by atoms with Gasteiger partial charge < -0.3 is 10.4 Å². The minimum Gasteiger partial charge on any atom is -0.480 e. The summed E-state index contributed by atoms with van der Waals surface area (Å²) in [6, 6.07) is 0.164. The lowest BCUT2D eigenvalue weighted by molar-refractivity contribution is -0.162. The summed E-state index contributed by atoms with van der Waals surface area (Å²) in [6.45, 7) is 2.16. The summed E-state index contributed by atoms with van der Waals surface area (Å²) in [6.07, 6.45) is 7.53. The van der Waals surface area contributed by atoms with Gasteiger partial charge in [-0.05, 0) is 31.6 Å². The largest absolute Gasteiger partial charge is 0.480 e. The third-order valence-electron chi connectivity index (χ3n) is 4.73. The zero-order chi connectivity index (χ0) is 13.2. The molecule has 0 aromatic rings. The van der Waals surface area contributed by atoms with Crippen LogP contribution in [0, 0.1) is 11.3 Å². The molecule has 0 bridgehead atoms. The minimum absolute atomic E-state index is 0.164. The average molecular weight is 253 g/mol. The van der Waals surface area contributed by atoms with Crippen molar-refractivity contribution in [1.29, 1.82) is 0 Å². The Bertz CT molecular complexity index is 336. The molecular formula is C14H23NO3. The van der Waals surface area contributed by atoms with Crippen molar-refractivity contribution < 1.29 is 14.7 Å². The van der Waals surface area contributed by atoms with Gasteiger partial charge in [0.05, 0.1) is 0 Å². The van der Waals surface area contributed by atoms with Crippen molar-refractivity contribution in [2.24, 2.45) is 11.3 Å². The molecule has 1 amide bonds. The first kappa shape index (κ1) is 13.4. The smallest absolute Gasteiger partial charge is 0.319 e. The number of amides is 1. The van der Waals surface area contributed by atoms with Crippen LogP contribution < -0.4 is 5.32 Å². The van der Waals surface area contributed by atoms with Gasteiger partial charge in [-0.25, -0.2) is 0 Å². The summed E-state index contributed by atoms with van der Waals surface area (Å²) in [7, 11) is 0. The fourth-order valence-corrected chi connectivity index (χ4v) is 3.08. The van der Waals surface area contributed by atoms with Gasteiger partial charge in [-0.1, -0.05) is 32.6 Å². The predicted molar refractivity (Wildman–Crippen MR) is 68.1 cm³/mol. The van der Waals surface area contributed by atoms with Gasteiger partial charge in [0.1, 0.15) is 5.41 Å². The van der Waals surface area contributed by atoms with Gasteiger partial charge in [-0.15, -0.1) is 0 Å². The number of carbonyl (C=O) groups excluding carboxylic acids is 1. The Morgan fingerprint density at radius 2 is 1.78 bits per heavy atom. The number of carboxylic acids is 1. The maximum Gasteiger partial charge on any atom is 0.319 e. The lowest BCUT2D eigenvalue weighted by Gasteiger charge is -2.37. The van der Waals surface area contributed by atoms with Crippen LogP contribution in [0.4, 0.5) is 0 Å². The molecule has 2 atom stereocenters. The number of hydrogen-bond acceptors (Lipinski definition) is 2. The fraction of sp³-hybridized carbons (Fsp3) is 0.857. The van der Waals surface area contributed by atoms with Gasteiger partial charge in [0.2, 0.25) is 5.91 Å². The molecule has 0 aliphatic heterocycles. The van der Waals surface area contributed by atoms with Crippen LogP contribution in [0.5, 0.6) is 0 Å². The van der Waals surface area contributed by atoms with Crippen LogP contribution in [-0.2, 0) is 9.59 Å². The fourth-order valence-electron chi connectivity index (χ4n) is 3.08. The zero-order valence-corrected chi connectivity index (χ0v) is 11.1. The molecule has 4 heteroatoms. The van der Waals surface area contributed by atoms with Gasteiger partial charge in [-0.2, -0.15) is 0 Å². The van der Waals surface area contributed by atoms with Crippen molar-refractivity contribution in [3.63, 3.8) is 0 Å². The van der Waals surface area contributed by atoms with Crippen molar-refractivity contribution >= 4 is 11.9 Å². The number of carboxylic acid groups (broad SMARTS) is 1. The molecule has 0 aromatic heterocycles. The van der Waals surface area contributed by atoms with E-state index in [2.05, 4.69) is 12.2 Å². The first-order valence-corrected chi connectivity index (χ1v) is 7.10. The maximum absolute atomic E-state index is 12.2. The topological polar surface area (TPSA) is 66.4 Å². The minimum atomic E-state index is -1.12. The summed E-state index contributed by atoms with van der Waals surface area (Å²) in [5, 5.41) is 12.3. The molecule has 2 unspecified atom stereocenters. The van der Waals surface area contributed by atoms with Crippen molar-refractivity contribution in [3.05, 3.63) is 0 Å². The molecule has 0 heterocycles. The van der Waals surface area contributed by atoms with Crippen LogP contribution in [0.3, 0.4) is 0 Å². The third-order valence-corrected chi connectivity index (χ3v) is 4.73. The Hall–Kier alpha value is -1.06. The first-order valence-electron chi connectivity index (χ1n) is 7.10. The normalized spacial score (nSPS) is 30.9. The second kappa shape index (κ2) is 5.29. The van der Waals surface area contributed by atoms with E-state index in [0.29, 0.717) is 18.8 Å². The molecule has 18 heavy (non-hydrogen) atoms. The summed E-state index contributed by atoms with van der Waals surface area (Å²) in [5.74, 6) is -0.741. The van der Waals surface area contributed by atoms with E-state index in [1.165, 1.54) is 12.8 Å². The molecule has 0 radical (unpaired) electrons. The molecule has 2 fully saturated rings. The molecule has 102 valence electrons. The molecule has 2 saturated carbocycles. The Balaban J connectivity index is 1.99. The van der Waals surface area contributed by atoms with Gasteiger partial charge in [-0.3, -0.25) is 9.59 Å². The summed E-state index contributed by atoms with van der Waals surface area (Å²) >= 11 is 0. The lowest BCUT2D eigenvalue weighted by Crippen LogP contribution is -2.54. The van der Waals surface area contributed by atoms with E-state index in [1.807, 2.05) is 0 Å². The van der Waals surface area contributed by atoms with Gasteiger partial charge in [0, 0.05) is 6.04 Å². The highest BCUT2D eigenvalue weighted by Gasteiger charge is 2.51. The van der Waals surface area contributed by atoms with Gasteiger partial charge in [0.15, 0.2) is 0 Å². The third kappa shape index (κ3) is 2.38. The second-order valence-electron chi connectivity index (χ2n) is 5.94. The summed E-state index contributed by atoms with van der Waals surface area (Å²) in [5.41, 5.74) is -1.12. The standard InChI is InChI=1S/C14H23NO3/c1-10-6-3-2-4-7-11(10)15-12(16)14(13(17)18)8-5-9-14/h10-11H,2-9H2,1H3,(H,15,16)(H,17,18). The highest BCUT2D eigenvalue weighted by molar-refractivity contribution is 6.02. The molecule has 0 saturated heterocycles. The maximum atomic E-state index is 12.2. The highest BCUT2D eigenvalue weighted by atomic mass is 16.4. The molecule has 0 spiro atoms. The molecule has 2 aliphatic carbocycles. The zero-order valence-electron chi connectivity index (χ0n) is 11.1. The monoisotopic (exact) mass is 253 g/mol. The number of rotatable bonds is 3. The Labute approximate surface area is 108 Å². The van der Waals surface area contributed by atoms with Crippen LogP contribution in [0.1, 0.15) is 58.3 Å². The number of carbonyl (C=O) groups is 2. The Kier molecular flexibility index (Phi) is 3.93. The van der Waals surface area contributed by atoms with Crippen molar-refractivity contribution in [2.45, 2.75) is 64.3 Å². The van der Waals surface area contributed by atoms with Crippen LogP contribution in [0.2, 0.25) is 0 Å². The average Bonchev–Trinajstić information content (AvgIpc) is 2.42. The molecule has 0 aromatic carbocycles. The molecular weight excluding hydrogens is 230 g/mol. The molecule has 2 rings (SSSR count). The predicted octanol–water partition coefficient (Wildman–Crippen LogP) is 2.33. The quantitative estimate of drug-likeness (QED) is 0.599. The Morgan fingerprint density at radius 1 is 1.11 bits per heavy atom. The Morgan fingerprint density at radius 3 is 2.33 bits per heavy atom. The van der Waals surface area contributed by atoms with Crippen molar-refractivity contribution in [1.82, 2.24) is 5.32 Å². The van der Waals surface area contributed by atoms with E-state index >= 15 is 0 Å². The van der Waals surface area contributed by atoms with Gasteiger partial charge in [0.25, 0.3) is 0 Å². The van der Waals surface area contributed by atoms with Crippen LogP contribution in [0.15, 0.2) is 0 Å². The summed E-state index contributed by atoms with van der Waals surface area (Å²) < 4.78 is 0. The van der Waals surface area contributed by atoms with Crippen molar-refractivity contribution in [2.75, 3.05) is 0 Å². The number of nitrogens with one attached hydrogen (secondary N) is 1. The van der Waals surface area contributed by atoms with Crippen LogP contribution in [-0.4, -0.2) is 23.0 Å². The highest BCUT2D eigenvalue weighted by Crippen LogP contribution is 2.41. The van der Waals surface area contributed by atoms with E-state index in [0.717, 1.165) is 25.7 Å². The van der Waals surface area contributed by atoms with E-state index in [9.17, 15) is 14.7 Å². The van der Waals surface area contributed by atoms with E-state index in [1.54, 1.807) is 0 Å². The van der Waals surface area contributed by atoms with Crippen LogP contribution in [0.25, 0.3) is 0 Å². The van der Waals surface area contributed by atoms with E-state index < -0.39 is 11.4 Å². The number of hydrogen-bond donors (Lipinski definition) is 2. The van der Waals surface area contributed by atoms with Crippen molar-refractivity contribution in [3.8, 4) is 0 Å². The van der Waals surface area contributed by atoms with E-state index in [4.69, 9.17) is 0 Å². The SMILES string of the molecule is CC1CCCCCC1NC(=O)C1(C(=O)O)CCC1. The molecule has 2 aliphatic rings.